The lowest BCUT2D eigenvalue weighted by atomic mass is 9.46. The molecule has 0 amide bonds. The monoisotopic (exact) mass is 397 g/mol. The zero-order valence-corrected chi connectivity index (χ0v) is 19.5. The minimum Gasteiger partial charge on any atom is -0.150 e. The molecule has 3 saturated carbocycles. The van der Waals surface area contributed by atoms with Crippen LogP contribution in [0.5, 0.6) is 0 Å². The Balaban J connectivity index is 1.51. The molecule has 162 valence electrons. The largest absolute Gasteiger partial charge is 0.150 e. The predicted molar refractivity (Wildman–Crippen MR) is 123 cm³/mol. The van der Waals surface area contributed by atoms with Crippen LogP contribution in [-0.2, 0) is 0 Å². The van der Waals surface area contributed by atoms with Crippen LogP contribution in [0.15, 0.2) is 28.5 Å². The summed E-state index contributed by atoms with van der Waals surface area (Å²) in [6.45, 7) is 12.2. The van der Waals surface area contributed by atoms with Crippen LogP contribution >= 0.6 is 0 Å². The van der Waals surface area contributed by atoms with Crippen molar-refractivity contribution in [2.75, 3.05) is 0 Å². The van der Waals surface area contributed by atoms with Crippen molar-refractivity contribution in [2.45, 2.75) is 105 Å². The molecule has 29 heavy (non-hydrogen) atoms. The predicted octanol–water partition coefficient (Wildman–Crippen LogP) is 8.08. The van der Waals surface area contributed by atoms with E-state index in [0.29, 0.717) is 10.8 Å². The van der Waals surface area contributed by atoms with Crippen molar-refractivity contribution in [1.29, 1.82) is 0 Å². The van der Waals surface area contributed by atoms with Gasteiger partial charge in [0.2, 0.25) is 0 Å². The van der Waals surface area contributed by atoms with Crippen molar-refractivity contribution in [3.63, 3.8) is 0 Å². The number of hydrogen-bond acceptors (Lipinski definition) is 2. The van der Waals surface area contributed by atoms with Gasteiger partial charge in [0, 0.05) is 0 Å². The molecule has 0 aromatic carbocycles. The topological polar surface area (TPSA) is 29.4 Å². The number of rotatable bonds is 5. The normalized spacial score (nSPS) is 44.7. The van der Waals surface area contributed by atoms with Gasteiger partial charge in [0.1, 0.15) is 6.04 Å². The number of nitrogens with zero attached hydrogens (tertiary/aromatic N) is 1. The maximum Gasteiger partial charge on any atom is 0.110 e. The van der Waals surface area contributed by atoms with E-state index in [-0.39, 0.29) is 6.04 Å². The lowest BCUT2D eigenvalue weighted by molar-refractivity contribution is -0.0594. The van der Waals surface area contributed by atoms with Gasteiger partial charge in [0.25, 0.3) is 0 Å². The minimum absolute atomic E-state index is 0.0546. The second kappa shape index (κ2) is 7.97. The van der Waals surface area contributed by atoms with Crippen molar-refractivity contribution < 1.29 is 0 Å². The summed E-state index contributed by atoms with van der Waals surface area (Å²) in [6, 6.07) is -0.0546. The molecule has 0 aromatic rings. The van der Waals surface area contributed by atoms with Gasteiger partial charge in [0.15, 0.2) is 0 Å². The number of hydrogen-bond donors (Lipinski definition) is 0. The van der Waals surface area contributed by atoms with E-state index in [1.807, 2.05) is 0 Å². The van der Waals surface area contributed by atoms with E-state index in [1.54, 1.807) is 5.57 Å². The van der Waals surface area contributed by atoms with Crippen LogP contribution in [0.3, 0.4) is 0 Å². The van der Waals surface area contributed by atoms with Crippen LogP contribution < -0.4 is 0 Å². The first-order valence-corrected chi connectivity index (χ1v) is 12.5. The number of fused-ring (bicyclic) bond motifs is 5. The Bertz CT molecular complexity index is 689. The van der Waals surface area contributed by atoms with Crippen LogP contribution in [0.2, 0.25) is 0 Å². The first-order chi connectivity index (χ1) is 13.8. The molecule has 3 fully saturated rings. The van der Waals surface area contributed by atoms with Crippen molar-refractivity contribution >= 4 is 0 Å². The molecule has 0 heterocycles. The highest BCUT2D eigenvalue weighted by Crippen LogP contribution is 2.67. The van der Waals surface area contributed by atoms with Gasteiger partial charge >= 0.3 is 0 Å². The molecule has 0 radical (unpaired) electrons. The fourth-order valence-corrected chi connectivity index (χ4v) is 8.60. The van der Waals surface area contributed by atoms with E-state index in [1.165, 1.54) is 63.4 Å². The molecule has 2 nitrogen and oxygen atoms in total. The van der Waals surface area contributed by atoms with E-state index in [2.05, 4.69) is 51.9 Å². The minimum atomic E-state index is -0.0546. The average Bonchev–Trinajstić information content (AvgIpc) is 3.04. The Hall–Kier alpha value is -0.920. The molecule has 0 aromatic heterocycles. The summed E-state index contributed by atoms with van der Waals surface area (Å²) in [5.41, 5.74) is 3.96. The lowest BCUT2D eigenvalue weighted by Gasteiger charge is -2.59. The maximum atomic E-state index is 11.1. The highest BCUT2D eigenvalue weighted by atomic mass is 16.3. The van der Waals surface area contributed by atoms with Gasteiger partial charge < -0.3 is 0 Å². The molecule has 0 saturated heterocycles. The Labute approximate surface area is 179 Å². The molecule has 0 bridgehead atoms. The molecule has 4 aliphatic rings. The lowest BCUT2D eigenvalue weighted by Crippen LogP contribution is -2.51. The van der Waals surface area contributed by atoms with Crippen molar-refractivity contribution in [3.05, 3.63) is 28.2 Å². The first-order valence-electron chi connectivity index (χ1n) is 12.5. The molecule has 1 unspecified atom stereocenters. The van der Waals surface area contributed by atoms with Crippen molar-refractivity contribution in [2.24, 2.45) is 45.6 Å². The highest BCUT2D eigenvalue weighted by Gasteiger charge is 2.59. The quantitative estimate of drug-likeness (QED) is 0.340. The van der Waals surface area contributed by atoms with Gasteiger partial charge in [-0.15, -0.1) is 0 Å². The van der Waals surface area contributed by atoms with E-state index >= 15 is 0 Å². The van der Waals surface area contributed by atoms with Gasteiger partial charge in [0.05, 0.1) is 0 Å². The number of nitroso groups, excluding NO2 is 1. The molecular weight excluding hydrogens is 354 g/mol. The fourth-order valence-electron chi connectivity index (χ4n) is 8.60. The molecule has 0 N–H and O–H groups in total. The summed E-state index contributed by atoms with van der Waals surface area (Å²) in [4.78, 5) is 11.1. The molecule has 0 spiro atoms. The standard InChI is InChI=1S/C27H43NO/c1-18(2)7-6-8-19(3)23-11-12-24-22-10-9-20-17-21(28-29)13-15-26(20,4)25(22)14-16-27(23,24)5/h7,17,19,21-25H,6,8-16H2,1-5H3/t19-,21?,22+,23-,24+,25+,26+,27-/m1/s1. The molecular formula is C27H43NO. The molecule has 2 heteroatoms. The van der Waals surface area contributed by atoms with E-state index in [0.717, 1.165) is 36.0 Å². The van der Waals surface area contributed by atoms with Crippen LogP contribution in [0.1, 0.15) is 98.8 Å². The first kappa shape index (κ1) is 21.3. The van der Waals surface area contributed by atoms with Crippen LogP contribution in [0, 0.1) is 45.3 Å². The summed E-state index contributed by atoms with van der Waals surface area (Å²) in [5.74, 6) is 4.44. The van der Waals surface area contributed by atoms with E-state index < -0.39 is 0 Å². The third-order valence-electron chi connectivity index (χ3n) is 10.2. The second-order valence-corrected chi connectivity index (χ2v) is 11.8. The Morgan fingerprint density at radius 1 is 1.14 bits per heavy atom. The molecule has 4 aliphatic carbocycles. The van der Waals surface area contributed by atoms with Crippen molar-refractivity contribution in [1.82, 2.24) is 0 Å². The summed E-state index contributed by atoms with van der Waals surface area (Å²) >= 11 is 0. The van der Waals surface area contributed by atoms with Crippen LogP contribution in [-0.4, -0.2) is 6.04 Å². The summed E-state index contributed by atoms with van der Waals surface area (Å²) in [5, 5.41) is 3.37. The third-order valence-corrected chi connectivity index (χ3v) is 10.2. The van der Waals surface area contributed by atoms with Gasteiger partial charge in [-0.2, -0.15) is 4.91 Å². The van der Waals surface area contributed by atoms with Gasteiger partial charge in [-0.3, -0.25) is 0 Å². The van der Waals surface area contributed by atoms with E-state index in [9.17, 15) is 4.91 Å². The molecule has 8 atom stereocenters. The van der Waals surface area contributed by atoms with E-state index in [4.69, 9.17) is 0 Å². The fraction of sp³-hybridized carbons (Fsp3) is 0.852. The summed E-state index contributed by atoms with van der Waals surface area (Å²) in [7, 11) is 0. The van der Waals surface area contributed by atoms with Crippen LogP contribution in [0.25, 0.3) is 0 Å². The number of allylic oxidation sites excluding steroid dienone is 3. The van der Waals surface area contributed by atoms with Gasteiger partial charge in [-0.05, 0) is 118 Å². The van der Waals surface area contributed by atoms with Crippen LogP contribution in [0.4, 0.5) is 0 Å². The van der Waals surface area contributed by atoms with Gasteiger partial charge in [-0.1, -0.05) is 49.2 Å². The Morgan fingerprint density at radius 2 is 1.93 bits per heavy atom. The third kappa shape index (κ3) is 3.57. The van der Waals surface area contributed by atoms with Crippen molar-refractivity contribution in [3.8, 4) is 0 Å². The average molecular weight is 398 g/mol. The molecule has 0 aliphatic heterocycles. The summed E-state index contributed by atoms with van der Waals surface area (Å²) in [6.07, 6.45) is 17.8. The second-order valence-electron chi connectivity index (χ2n) is 11.8. The SMILES string of the molecule is CC(C)=CCC[C@@H](C)[C@H]1CC[C@H]2[C@@H]3CCC4=CC(N=O)CC[C@]4(C)[C@H]3CC[C@]12C. The highest BCUT2D eigenvalue weighted by molar-refractivity contribution is 5.26. The molecule has 4 rings (SSSR count). The summed E-state index contributed by atoms with van der Waals surface area (Å²) < 4.78 is 0. The Kier molecular flexibility index (Phi) is 5.86. The smallest absolute Gasteiger partial charge is 0.110 e. The zero-order valence-electron chi connectivity index (χ0n) is 19.5. The Morgan fingerprint density at radius 3 is 2.66 bits per heavy atom. The zero-order chi connectivity index (χ0) is 20.8. The van der Waals surface area contributed by atoms with Gasteiger partial charge in [-0.25, -0.2) is 0 Å². The maximum absolute atomic E-state index is 11.1.